The maximum atomic E-state index is 11.3. The predicted molar refractivity (Wildman–Crippen MR) is 110 cm³/mol. The summed E-state index contributed by atoms with van der Waals surface area (Å²) < 4.78 is 5.74. The fraction of sp³-hybridized carbons (Fsp3) is 0.524. The number of rotatable bonds is 5. The van der Waals surface area contributed by atoms with Crippen molar-refractivity contribution in [2.24, 2.45) is 11.8 Å². The maximum Gasteiger partial charge on any atom is 0.407 e. The topological polar surface area (TPSA) is 78.6 Å². The molecule has 154 valence electrons. The Kier molecular flexibility index (Phi) is 4.96. The van der Waals surface area contributed by atoms with Crippen LogP contribution in [0.3, 0.4) is 0 Å². The van der Waals surface area contributed by atoms with Gasteiger partial charge in [0.25, 0.3) is 0 Å². The molecule has 0 unspecified atom stereocenters. The van der Waals surface area contributed by atoms with Gasteiger partial charge in [-0.05, 0) is 49.7 Å². The lowest BCUT2D eigenvalue weighted by molar-refractivity contribution is 0.151. The molecule has 3 aliphatic rings. The molecule has 0 bridgehead atoms. The summed E-state index contributed by atoms with van der Waals surface area (Å²) >= 11 is 12.9. The second-order valence-electron chi connectivity index (χ2n) is 8.42. The van der Waals surface area contributed by atoms with Crippen LogP contribution in [0, 0.1) is 11.8 Å². The number of nitrogens with zero attached hydrogens (tertiary/aromatic N) is 2. The van der Waals surface area contributed by atoms with Crippen LogP contribution in [-0.4, -0.2) is 40.4 Å². The molecule has 2 N–H and O–H groups in total. The van der Waals surface area contributed by atoms with Crippen LogP contribution in [0.1, 0.15) is 42.9 Å². The highest BCUT2D eigenvalue weighted by Gasteiger charge is 2.44. The number of hydrogen-bond acceptors (Lipinski definition) is 4. The van der Waals surface area contributed by atoms with Crippen LogP contribution >= 0.6 is 23.2 Å². The number of amides is 1. The highest BCUT2D eigenvalue weighted by atomic mass is 35.5. The van der Waals surface area contributed by atoms with Gasteiger partial charge in [0.15, 0.2) is 0 Å². The molecule has 1 aromatic heterocycles. The maximum absolute atomic E-state index is 11.3. The molecule has 6 nitrogen and oxygen atoms in total. The van der Waals surface area contributed by atoms with Crippen LogP contribution < -0.4 is 5.32 Å². The summed E-state index contributed by atoms with van der Waals surface area (Å²) in [6, 6.07) is 5.74. The van der Waals surface area contributed by atoms with E-state index in [1.807, 2.05) is 18.2 Å². The van der Waals surface area contributed by atoms with Crippen LogP contribution in [-0.2, 0) is 6.54 Å². The van der Waals surface area contributed by atoms with Gasteiger partial charge in [0.2, 0.25) is 0 Å². The van der Waals surface area contributed by atoms with Crippen LogP contribution in [0.25, 0.3) is 11.3 Å². The Morgan fingerprint density at radius 1 is 1.21 bits per heavy atom. The summed E-state index contributed by atoms with van der Waals surface area (Å²) in [5, 5.41) is 18.5. The number of benzene rings is 1. The highest BCUT2D eigenvalue weighted by Crippen LogP contribution is 2.46. The lowest BCUT2D eigenvalue weighted by Gasteiger charge is -2.21. The average Bonchev–Trinajstić information content (AvgIpc) is 3.13. The van der Waals surface area contributed by atoms with Gasteiger partial charge in [-0.25, -0.2) is 4.79 Å². The van der Waals surface area contributed by atoms with Gasteiger partial charge in [-0.15, -0.1) is 0 Å². The Bertz CT molecular complexity index is 923. The first-order valence-corrected chi connectivity index (χ1v) is 10.9. The molecule has 8 heteroatoms. The van der Waals surface area contributed by atoms with Crippen molar-refractivity contribution in [2.75, 3.05) is 13.1 Å². The molecule has 5 rings (SSSR count). The summed E-state index contributed by atoms with van der Waals surface area (Å²) in [6.07, 6.45) is 3.53. The fourth-order valence-corrected chi connectivity index (χ4v) is 5.56. The molecule has 0 spiro atoms. The Balaban J connectivity index is 1.39. The van der Waals surface area contributed by atoms with Crippen molar-refractivity contribution in [3.8, 4) is 11.3 Å². The molecular weight excluding hydrogens is 413 g/mol. The van der Waals surface area contributed by atoms with E-state index in [0.29, 0.717) is 64.7 Å². The molecule has 3 atom stereocenters. The summed E-state index contributed by atoms with van der Waals surface area (Å²) in [5.41, 5.74) is 2.45. The number of carbonyl (C=O) groups is 1. The van der Waals surface area contributed by atoms with E-state index in [0.717, 1.165) is 37.0 Å². The van der Waals surface area contributed by atoms with Crippen LogP contribution in [0.5, 0.6) is 0 Å². The van der Waals surface area contributed by atoms with Crippen LogP contribution in [0.2, 0.25) is 10.0 Å². The van der Waals surface area contributed by atoms with Gasteiger partial charge in [0, 0.05) is 42.7 Å². The summed E-state index contributed by atoms with van der Waals surface area (Å²) in [5.74, 6) is 2.16. The van der Waals surface area contributed by atoms with Crippen molar-refractivity contribution in [1.29, 1.82) is 0 Å². The van der Waals surface area contributed by atoms with Crippen molar-refractivity contribution in [1.82, 2.24) is 15.4 Å². The number of carboxylic acid groups (broad SMARTS) is 1. The molecular formula is C21H23Cl2N3O3. The first-order valence-electron chi connectivity index (χ1n) is 10.2. The third-order valence-corrected chi connectivity index (χ3v) is 7.26. The van der Waals surface area contributed by atoms with Crippen molar-refractivity contribution in [2.45, 2.75) is 44.2 Å². The summed E-state index contributed by atoms with van der Waals surface area (Å²) in [6.45, 7) is 1.88. The van der Waals surface area contributed by atoms with Crippen molar-refractivity contribution >= 4 is 29.3 Å². The zero-order valence-corrected chi connectivity index (χ0v) is 17.4. The molecule has 2 saturated carbocycles. The monoisotopic (exact) mass is 435 g/mol. The van der Waals surface area contributed by atoms with E-state index < -0.39 is 6.09 Å². The van der Waals surface area contributed by atoms with Gasteiger partial charge in [-0.2, -0.15) is 0 Å². The number of nitrogens with one attached hydrogen (secondary N) is 1. The van der Waals surface area contributed by atoms with Crippen molar-refractivity contribution in [3.63, 3.8) is 0 Å². The second kappa shape index (κ2) is 7.49. The minimum absolute atomic E-state index is 0.292. The lowest BCUT2D eigenvalue weighted by atomic mass is 9.97. The number of aromatic nitrogens is 1. The van der Waals surface area contributed by atoms with E-state index in [1.165, 1.54) is 0 Å². The first-order chi connectivity index (χ1) is 14.0. The Labute approximate surface area is 179 Å². The molecule has 1 saturated heterocycles. The van der Waals surface area contributed by atoms with E-state index >= 15 is 0 Å². The van der Waals surface area contributed by atoms with E-state index in [2.05, 4.69) is 10.5 Å². The fourth-order valence-electron chi connectivity index (χ4n) is 4.99. The van der Waals surface area contributed by atoms with E-state index in [-0.39, 0.29) is 0 Å². The lowest BCUT2D eigenvalue weighted by Crippen LogP contribution is -2.36. The van der Waals surface area contributed by atoms with Gasteiger partial charge < -0.3 is 19.8 Å². The molecule has 29 heavy (non-hydrogen) atoms. The SMILES string of the molecule is O=C(O)N1C[C@@H]2CC[C@@H](NCc3c(-c4c(Cl)cccc4Cl)noc3C3CC3)[C@@H]2C1. The van der Waals surface area contributed by atoms with Gasteiger partial charge in [0.1, 0.15) is 11.5 Å². The smallest absolute Gasteiger partial charge is 0.407 e. The quantitative estimate of drug-likeness (QED) is 0.690. The van der Waals surface area contributed by atoms with Gasteiger partial charge >= 0.3 is 6.09 Å². The Hall–Kier alpha value is -1.76. The summed E-state index contributed by atoms with van der Waals surface area (Å²) in [4.78, 5) is 12.9. The van der Waals surface area contributed by atoms with Crippen molar-refractivity contribution < 1.29 is 14.4 Å². The molecule has 1 amide bonds. The van der Waals surface area contributed by atoms with E-state index in [1.54, 1.807) is 4.90 Å². The minimum Gasteiger partial charge on any atom is -0.465 e. The molecule has 2 heterocycles. The molecule has 2 aliphatic carbocycles. The third-order valence-electron chi connectivity index (χ3n) is 6.63. The third kappa shape index (κ3) is 3.51. The largest absolute Gasteiger partial charge is 0.465 e. The number of hydrogen-bond donors (Lipinski definition) is 2. The summed E-state index contributed by atoms with van der Waals surface area (Å²) in [7, 11) is 0. The average molecular weight is 436 g/mol. The zero-order valence-electron chi connectivity index (χ0n) is 15.9. The van der Waals surface area contributed by atoms with Gasteiger partial charge in [0.05, 0.1) is 10.0 Å². The minimum atomic E-state index is -0.816. The molecule has 1 aliphatic heterocycles. The molecule has 1 aromatic carbocycles. The molecule has 2 aromatic rings. The number of fused-ring (bicyclic) bond motifs is 1. The zero-order chi connectivity index (χ0) is 20.1. The van der Waals surface area contributed by atoms with Crippen LogP contribution in [0.15, 0.2) is 22.7 Å². The van der Waals surface area contributed by atoms with Gasteiger partial charge in [-0.3, -0.25) is 0 Å². The predicted octanol–water partition coefficient (Wildman–Crippen LogP) is 5.00. The van der Waals surface area contributed by atoms with Crippen LogP contribution in [0.4, 0.5) is 4.79 Å². The molecule has 3 fully saturated rings. The van der Waals surface area contributed by atoms with E-state index in [4.69, 9.17) is 27.7 Å². The Morgan fingerprint density at radius 2 is 1.97 bits per heavy atom. The highest BCUT2D eigenvalue weighted by molar-refractivity contribution is 6.39. The molecule has 0 radical (unpaired) electrons. The normalized spacial score (nSPS) is 26.1. The van der Waals surface area contributed by atoms with E-state index in [9.17, 15) is 9.90 Å². The number of likely N-dealkylation sites (tertiary alicyclic amines) is 1. The standard InChI is InChI=1S/C21H23Cl2N3O3/c22-15-2-1-3-16(23)18(15)19-13(20(29-25-19)11-4-5-11)8-24-17-7-6-12-9-26(21(27)28)10-14(12)17/h1-3,11-12,14,17,24H,4-10H2,(H,27,28)/t12-,14+,17+/m0/s1. The Morgan fingerprint density at radius 3 is 2.66 bits per heavy atom. The van der Waals surface area contributed by atoms with Crippen molar-refractivity contribution in [3.05, 3.63) is 39.6 Å². The number of halogens is 2. The van der Waals surface area contributed by atoms with Gasteiger partial charge in [-0.1, -0.05) is 34.4 Å². The second-order valence-corrected chi connectivity index (χ2v) is 9.24. The first kappa shape index (κ1) is 19.2.